The highest BCUT2D eigenvalue weighted by molar-refractivity contribution is 6.07. The van der Waals surface area contributed by atoms with E-state index in [9.17, 15) is 4.79 Å². The van der Waals surface area contributed by atoms with E-state index in [0.29, 0.717) is 13.1 Å². The van der Waals surface area contributed by atoms with Crippen LogP contribution in [0, 0.1) is 6.92 Å². The van der Waals surface area contributed by atoms with Crippen molar-refractivity contribution in [2.45, 2.75) is 6.92 Å². The van der Waals surface area contributed by atoms with E-state index in [1.54, 1.807) is 12.5 Å². The zero-order valence-corrected chi connectivity index (χ0v) is 16.8. The number of rotatable bonds is 3. The second-order valence-electron chi connectivity index (χ2n) is 7.38. The molecule has 2 aromatic heterocycles. The number of aromatic nitrogens is 4. The molecule has 0 aliphatic carbocycles. The Hall–Kier alpha value is -3.74. The van der Waals surface area contributed by atoms with Gasteiger partial charge in [0.1, 0.15) is 23.8 Å². The van der Waals surface area contributed by atoms with Gasteiger partial charge in [0.2, 0.25) is 0 Å². The van der Waals surface area contributed by atoms with Crippen molar-refractivity contribution in [3.05, 3.63) is 78.6 Å². The Kier molecular flexibility index (Phi) is 4.63. The number of amides is 1. The molecular formula is C23H22N6O. The number of aryl methyl sites for hydroxylation is 1. The van der Waals surface area contributed by atoms with E-state index in [2.05, 4.69) is 19.9 Å². The normalized spacial score (nSPS) is 14.3. The standard InChI is InChI=1S/C23H22N6O/c1-17-24-9-10-29(17)22-15-21(25-16-26-22)27-11-13-28(14-12-27)23(30)20-8-4-6-18-5-2-3-7-19(18)20/h2-10,15-16H,11-14H2,1H3. The lowest BCUT2D eigenvalue weighted by Gasteiger charge is -2.35. The number of benzene rings is 2. The third-order valence-electron chi connectivity index (χ3n) is 5.62. The van der Waals surface area contributed by atoms with E-state index < -0.39 is 0 Å². The molecule has 0 unspecified atom stereocenters. The molecule has 1 aliphatic heterocycles. The highest BCUT2D eigenvalue weighted by Crippen LogP contribution is 2.22. The van der Waals surface area contributed by atoms with E-state index in [0.717, 1.165) is 46.9 Å². The van der Waals surface area contributed by atoms with Crippen molar-refractivity contribution in [2.24, 2.45) is 0 Å². The molecule has 1 saturated heterocycles. The Morgan fingerprint density at radius 3 is 2.47 bits per heavy atom. The summed E-state index contributed by atoms with van der Waals surface area (Å²) in [5.74, 6) is 2.63. The van der Waals surface area contributed by atoms with E-state index in [4.69, 9.17) is 0 Å². The van der Waals surface area contributed by atoms with E-state index >= 15 is 0 Å². The van der Waals surface area contributed by atoms with Gasteiger partial charge in [-0.1, -0.05) is 36.4 Å². The first-order chi connectivity index (χ1) is 14.7. The van der Waals surface area contributed by atoms with Crippen LogP contribution in [0.4, 0.5) is 5.82 Å². The first-order valence-electron chi connectivity index (χ1n) is 10.0. The zero-order valence-electron chi connectivity index (χ0n) is 16.8. The molecule has 30 heavy (non-hydrogen) atoms. The molecular weight excluding hydrogens is 376 g/mol. The monoisotopic (exact) mass is 398 g/mol. The maximum atomic E-state index is 13.2. The Bertz CT molecular complexity index is 1200. The summed E-state index contributed by atoms with van der Waals surface area (Å²) in [5.41, 5.74) is 0.765. The molecule has 4 aromatic rings. The number of fused-ring (bicyclic) bond motifs is 1. The number of piperazine rings is 1. The van der Waals surface area contributed by atoms with Crippen LogP contribution in [-0.2, 0) is 0 Å². The van der Waals surface area contributed by atoms with Crippen molar-refractivity contribution in [2.75, 3.05) is 31.1 Å². The lowest BCUT2D eigenvalue weighted by Crippen LogP contribution is -2.49. The smallest absolute Gasteiger partial charge is 0.254 e. The molecule has 5 rings (SSSR count). The van der Waals surface area contributed by atoms with Gasteiger partial charge in [0.05, 0.1) is 0 Å². The van der Waals surface area contributed by atoms with Crippen LogP contribution in [0.15, 0.2) is 67.3 Å². The first kappa shape index (κ1) is 18.3. The molecule has 3 heterocycles. The van der Waals surface area contributed by atoms with Gasteiger partial charge in [-0.15, -0.1) is 0 Å². The molecule has 1 fully saturated rings. The molecule has 2 aromatic carbocycles. The SMILES string of the molecule is Cc1nccn1-c1cc(N2CCN(C(=O)c3cccc4ccccc34)CC2)ncn1. The fourth-order valence-electron chi connectivity index (χ4n) is 3.98. The summed E-state index contributed by atoms with van der Waals surface area (Å²) in [7, 11) is 0. The Morgan fingerprint density at radius 1 is 0.900 bits per heavy atom. The molecule has 0 N–H and O–H groups in total. The fourth-order valence-corrected chi connectivity index (χ4v) is 3.98. The zero-order chi connectivity index (χ0) is 20.5. The Morgan fingerprint density at radius 2 is 1.67 bits per heavy atom. The van der Waals surface area contributed by atoms with Crippen LogP contribution in [0.3, 0.4) is 0 Å². The molecule has 0 spiro atoms. The summed E-state index contributed by atoms with van der Waals surface area (Å²) in [5, 5.41) is 2.09. The summed E-state index contributed by atoms with van der Waals surface area (Å²) < 4.78 is 1.94. The second-order valence-corrected chi connectivity index (χ2v) is 7.38. The first-order valence-corrected chi connectivity index (χ1v) is 10.0. The van der Waals surface area contributed by atoms with Gasteiger partial charge in [0.25, 0.3) is 5.91 Å². The van der Waals surface area contributed by atoms with Crippen molar-refractivity contribution in [3.8, 4) is 5.82 Å². The summed E-state index contributed by atoms with van der Waals surface area (Å²) >= 11 is 0. The number of anilines is 1. The molecule has 1 amide bonds. The van der Waals surface area contributed by atoms with E-state index in [1.807, 2.05) is 71.1 Å². The van der Waals surface area contributed by atoms with Gasteiger partial charge in [-0.05, 0) is 23.8 Å². The van der Waals surface area contributed by atoms with Crippen LogP contribution in [0.2, 0.25) is 0 Å². The minimum absolute atomic E-state index is 0.0869. The fraction of sp³-hybridized carbons (Fsp3) is 0.217. The highest BCUT2D eigenvalue weighted by Gasteiger charge is 2.24. The van der Waals surface area contributed by atoms with Crippen molar-refractivity contribution < 1.29 is 4.79 Å². The highest BCUT2D eigenvalue weighted by atomic mass is 16.2. The van der Waals surface area contributed by atoms with Crippen molar-refractivity contribution in [3.63, 3.8) is 0 Å². The summed E-state index contributed by atoms with van der Waals surface area (Å²) in [6.07, 6.45) is 5.23. The second kappa shape index (κ2) is 7.59. The van der Waals surface area contributed by atoms with Crippen LogP contribution < -0.4 is 4.90 Å². The lowest BCUT2D eigenvalue weighted by molar-refractivity contribution is 0.0748. The molecule has 0 saturated carbocycles. The summed E-state index contributed by atoms with van der Waals surface area (Å²) in [6.45, 7) is 4.72. The van der Waals surface area contributed by atoms with Crippen LogP contribution in [0.5, 0.6) is 0 Å². The third kappa shape index (κ3) is 3.28. The molecule has 7 heteroatoms. The van der Waals surface area contributed by atoms with Gasteiger partial charge in [0, 0.05) is 50.2 Å². The summed E-state index contributed by atoms with van der Waals surface area (Å²) in [4.78, 5) is 30.4. The van der Waals surface area contributed by atoms with Crippen molar-refractivity contribution in [1.82, 2.24) is 24.4 Å². The topological polar surface area (TPSA) is 67.2 Å². The van der Waals surface area contributed by atoms with Gasteiger partial charge in [-0.2, -0.15) is 0 Å². The Labute approximate surface area is 174 Å². The molecule has 0 bridgehead atoms. The van der Waals surface area contributed by atoms with Crippen LogP contribution in [0.1, 0.15) is 16.2 Å². The minimum atomic E-state index is 0.0869. The molecule has 1 aliphatic rings. The average Bonchev–Trinajstić information content (AvgIpc) is 3.24. The molecule has 7 nitrogen and oxygen atoms in total. The predicted octanol–water partition coefficient (Wildman–Crippen LogP) is 3.09. The van der Waals surface area contributed by atoms with Gasteiger partial charge < -0.3 is 9.80 Å². The van der Waals surface area contributed by atoms with E-state index in [1.165, 1.54) is 0 Å². The number of hydrogen-bond acceptors (Lipinski definition) is 5. The summed E-state index contributed by atoms with van der Waals surface area (Å²) in [6, 6.07) is 15.9. The van der Waals surface area contributed by atoms with Gasteiger partial charge in [-0.25, -0.2) is 15.0 Å². The van der Waals surface area contributed by atoms with Gasteiger partial charge in [0.15, 0.2) is 0 Å². The average molecular weight is 398 g/mol. The van der Waals surface area contributed by atoms with Crippen LogP contribution in [0.25, 0.3) is 16.6 Å². The molecule has 150 valence electrons. The third-order valence-corrected chi connectivity index (χ3v) is 5.62. The number of hydrogen-bond donors (Lipinski definition) is 0. The largest absolute Gasteiger partial charge is 0.353 e. The number of imidazole rings is 1. The number of carbonyl (C=O) groups is 1. The number of nitrogens with zero attached hydrogens (tertiary/aromatic N) is 6. The van der Waals surface area contributed by atoms with Gasteiger partial charge in [-0.3, -0.25) is 9.36 Å². The molecule has 0 radical (unpaired) electrons. The maximum Gasteiger partial charge on any atom is 0.254 e. The maximum absolute atomic E-state index is 13.2. The van der Waals surface area contributed by atoms with Crippen LogP contribution in [-0.4, -0.2) is 56.5 Å². The van der Waals surface area contributed by atoms with Gasteiger partial charge >= 0.3 is 0 Å². The number of carbonyl (C=O) groups excluding carboxylic acids is 1. The van der Waals surface area contributed by atoms with Crippen molar-refractivity contribution in [1.29, 1.82) is 0 Å². The minimum Gasteiger partial charge on any atom is -0.353 e. The molecule has 0 atom stereocenters. The van der Waals surface area contributed by atoms with Crippen molar-refractivity contribution >= 4 is 22.5 Å². The predicted molar refractivity (Wildman–Crippen MR) is 116 cm³/mol. The lowest BCUT2D eigenvalue weighted by atomic mass is 10.0. The quantitative estimate of drug-likeness (QED) is 0.531. The van der Waals surface area contributed by atoms with Crippen LogP contribution >= 0.6 is 0 Å². The Balaban J connectivity index is 1.32. The van der Waals surface area contributed by atoms with E-state index in [-0.39, 0.29) is 5.91 Å².